The van der Waals surface area contributed by atoms with Gasteiger partial charge in [0.25, 0.3) is 0 Å². The Bertz CT molecular complexity index is 1180. The highest BCUT2D eigenvalue weighted by molar-refractivity contribution is 6.13. The molecule has 3 atom stereocenters. The lowest BCUT2D eigenvalue weighted by Crippen LogP contribution is -2.43. The zero-order valence-electron chi connectivity index (χ0n) is 19.5. The molecule has 2 aromatic rings. The summed E-state index contributed by atoms with van der Waals surface area (Å²) < 4.78 is 15.3. The van der Waals surface area contributed by atoms with Crippen molar-refractivity contribution in [1.29, 1.82) is 0 Å². The van der Waals surface area contributed by atoms with Crippen LogP contribution in [0.2, 0.25) is 0 Å². The Kier molecular flexibility index (Phi) is 6.49. The van der Waals surface area contributed by atoms with Gasteiger partial charge >= 0.3 is 11.9 Å². The smallest absolute Gasteiger partial charge is 0.336 e. The Balaban J connectivity index is 1.88. The molecule has 1 aliphatic carbocycles. The molecule has 8 nitrogen and oxygen atoms in total. The van der Waals surface area contributed by atoms with E-state index in [-0.39, 0.29) is 0 Å². The number of esters is 2. The maximum Gasteiger partial charge on any atom is 0.336 e. The fourth-order valence-electron chi connectivity index (χ4n) is 4.82. The number of allylic oxidation sites excluding steroid dienone is 3. The summed E-state index contributed by atoms with van der Waals surface area (Å²) in [5.74, 6) is -3.19. The van der Waals surface area contributed by atoms with Crippen LogP contribution in [0.3, 0.4) is 0 Å². The summed E-state index contributed by atoms with van der Waals surface area (Å²) in [6.45, 7) is 1.77. The van der Waals surface area contributed by atoms with Crippen LogP contribution >= 0.6 is 0 Å². The zero-order valence-corrected chi connectivity index (χ0v) is 19.5. The second kappa shape index (κ2) is 9.51. The van der Waals surface area contributed by atoms with E-state index in [0.29, 0.717) is 40.4 Å². The third-order valence-electron chi connectivity index (χ3n) is 6.41. The number of carbonyl (C=O) groups excluding carboxylic acids is 3. The van der Waals surface area contributed by atoms with Gasteiger partial charge in [0, 0.05) is 29.1 Å². The van der Waals surface area contributed by atoms with Crippen molar-refractivity contribution in [3.05, 3.63) is 82.5 Å². The predicted molar refractivity (Wildman–Crippen MR) is 123 cm³/mol. The minimum absolute atomic E-state index is 0.291. The molecule has 0 saturated carbocycles. The molecule has 1 N–H and O–H groups in total. The minimum Gasteiger partial charge on any atom is -0.497 e. The Morgan fingerprint density at radius 2 is 1.76 bits per heavy atom. The first-order valence-corrected chi connectivity index (χ1v) is 10.9. The van der Waals surface area contributed by atoms with Crippen molar-refractivity contribution in [2.75, 3.05) is 21.3 Å². The lowest BCUT2D eigenvalue weighted by atomic mass is 9.67. The molecule has 8 heteroatoms. The summed E-state index contributed by atoms with van der Waals surface area (Å²) in [6, 6.07) is 12.6. The molecule has 1 aromatic carbocycles. The van der Waals surface area contributed by atoms with E-state index in [1.54, 1.807) is 50.6 Å². The van der Waals surface area contributed by atoms with Crippen LogP contribution in [0.25, 0.3) is 0 Å². The molecule has 1 aromatic heterocycles. The summed E-state index contributed by atoms with van der Waals surface area (Å²) in [5, 5.41) is 3.25. The summed E-state index contributed by atoms with van der Waals surface area (Å²) in [7, 11) is 4.14. The van der Waals surface area contributed by atoms with Crippen LogP contribution < -0.4 is 10.1 Å². The number of rotatable bonds is 5. The van der Waals surface area contributed by atoms with E-state index in [9.17, 15) is 14.4 Å². The highest BCUT2D eigenvalue weighted by atomic mass is 16.5. The molecule has 1 aliphatic heterocycles. The van der Waals surface area contributed by atoms with Crippen molar-refractivity contribution in [2.24, 2.45) is 5.92 Å². The molecular formula is C26H26N2O6. The van der Waals surface area contributed by atoms with Gasteiger partial charge in [0.2, 0.25) is 0 Å². The SMILES string of the molecule is COC(=O)C1=C(C)NC2=C(C(=O)[C@@H](C(=O)OC)[C@H](c3ccc(OC)cc3)C2)[C@@H]1c1ccccn1. The topological polar surface area (TPSA) is 104 Å². The molecule has 2 aliphatic rings. The quantitative estimate of drug-likeness (QED) is 0.534. The van der Waals surface area contributed by atoms with Crippen molar-refractivity contribution in [3.63, 3.8) is 0 Å². The van der Waals surface area contributed by atoms with Gasteiger partial charge in [-0.05, 0) is 43.2 Å². The van der Waals surface area contributed by atoms with Crippen LogP contribution in [0.15, 0.2) is 71.2 Å². The fraction of sp³-hybridized carbons (Fsp3) is 0.308. The maximum absolute atomic E-state index is 14.0. The van der Waals surface area contributed by atoms with Crippen molar-refractivity contribution < 1.29 is 28.6 Å². The number of pyridine rings is 1. The van der Waals surface area contributed by atoms with Gasteiger partial charge in [-0.1, -0.05) is 18.2 Å². The fourth-order valence-corrected chi connectivity index (χ4v) is 4.82. The molecular weight excluding hydrogens is 436 g/mol. The third kappa shape index (κ3) is 3.96. The average molecular weight is 463 g/mol. The van der Waals surface area contributed by atoms with E-state index in [1.165, 1.54) is 14.2 Å². The van der Waals surface area contributed by atoms with Crippen LogP contribution in [0.4, 0.5) is 0 Å². The molecule has 0 unspecified atom stereocenters. The van der Waals surface area contributed by atoms with Gasteiger partial charge in [-0.3, -0.25) is 14.6 Å². The number of carbonyl (C=O) groups is 3. The van der Waals surface area contributed by atoms with Crippen molar-refractivity contribution >= 4 is 17.7 Å². The first kappa shape index (κ1) is 23.2. The average Bonchev–Trinajstić information content (AvgIpc) is 2.87. The second-order valence-corrected chi connectivity index (χ2v) is 8.18. The van der Waals surface area contributed by atoms with E-state index in [0.717, 1.165) is 5.56 Å². The number of nitrogens with one attached hydrogen (secondary N) is 1. The summed E-state index contributed by atoms with van der Waals surface area (Å²) in [4.78, 5) is 44.1. The number of methoxy groups -OCH3 is 3. The number of Topliss-reactive ketones (excluding diaryl/α,β-unsaturated/α-hetero) is 1. The van der Waals surface area contributed by atoms with Crippen LogP contribution in [0.5, 0.6) is 5.75 Å². The van der Waals surface area contributed by atoms with Crippen molar-refractivity contribution in [2.45, 2.75) is 25.2 Å². The Morgan fingerprint density at radius 3 is 2.35 bits per heavy atom. The van der Waals surface area contributed by atoms with Gasteiger partial charge in [-0.2, -0.15) is 0 Å². The van der Waals surface area contributed by atoms with E-state index in [1.807, 2.05) is 12.1 Å². The molecule has 34 heavy (non-hydrogen) atoms. The number of hydrogen-bond donors (Lipinski definition) is 1. The van der Waals surface area contributed by atoms with E-state index < -0.39 is 35.5 Å². The summed E-state index contributed by atoms with van der Waals surface area (Å²) in [5.41, 5.74) is 3.21. The molecule has 176 valence electrons. The molecule has 0 spiro atoms. The van der Waals surface area contributed by atoms with Crippen LogP contribution in [0.1, 0.15) is 36.4 Å². The Labute approximate surface area is 197 Å². The lowest BCUT2D eigenvalue weighted by Gasteiger charge is -2.39. The van der Waals surface area contributed by atoms with Gasteiger partial charge in [0.05, 0.1) is 38.5 Å². The summed E-state index contributed by atoms with van der Waals surface area (Å²) >= 11 is 0. The number of ether oxygens (including phenoxy) is 3. The van der Waals surface area contributed by atoms with Gasteiger partial charge < -0.3 is 19.5 Å². The predicted octanol–water partition coefficient (Wildman–Crippen LogP) is 3.02. The summed E-state index contributed by atoms with van der Waals surface area (Å²) in [6.07, 6.45) is 1.98. The van der Waals surface area contributed by atoms with Gasteiger partial charge in [0.15, 0.2) is 5.78 Å². The van der Waals surface area contributed by atoms with Crippen molar-refractivity contribution in [1.82, 2.24) is 10.3 Å². The van der Waals surface area contributed by atoms with Crippen molar-refractivity contribution in [3.8, 4) is 5.75 Å². The number of ketones is 1. The zero-order chi connectivity index (χ0) is 24.4. The molecule has 0 saturated heterocycles. The Morgan fingerprint density at radius 1 is 1.03 bits per heavy atom. The maximum atomic E-state index is 14.0. The third-order valence-corrected chi connectivity index (χ3v) is 6.41. The van der Waals surface area contributed by atoms with E-state index >= 15 is 0 Å². The van der Waals surface area contributed by atoms with Gasteiger partial charge in [-0.25, -0.2) is 4.79 Å². The molecule has 0 fully saturated rings. The standard InChI is InChI=1S/C26H26N2O6/c1-14-20(25(30)33-3)22(18-7-5-6-12-27-18)23-19(28-14)13-17(21(24(23)29)26(31)34-4)15-8-10-16(32-2)11-9-15/h5-12,17,21-22,28H,13H2,1-4H3/t17-,21-,22+/m0/s1. The Hall–Kier alpha value is -3.94. The molecule has 0 bridgehead atoms. The van der Waals surface area contributed by atoms with Crippen LogP contribution in [-0.4, -0.2) is 44.0 Å². The molecule has 0 radical (unpaired) electrons. The monoisotopic (exact) mass is 462 g/mol. The molecule has 0 amide bonds. The lowest BCUT2D eigenvalue weighted by molar-refractivity contribution is -0.150. The van der Waals surface area contributed by atoms with Gasteiger partial charge in [-0.15, -0.1) is 0 Å². The number of aromatic nitrogens is 1. The van der Waals surface area contributed by atoms with E-state index in [4.69, 9.17) is 14.2 Å². The number of hydrogen-bond acceptors (Lipinski definition) is 8. The number of benzene rings is 1. The van der Waals surface area contributed by atoms with E-state index in [2.05, 4.69) is 10.3 Å². The largest absolute Gasteiger partial charge is 0.497 e. The first-order chi connectivity index (χ1) is 16.4. The van der Waals surface area contributed by atoms with Crippen LogP contribution in [-0.2, 0) is 23.9 Å². The number of dihydropyridines is 1. The highest BCUT2D eigenvalue weighted by Gasteiger charge is 2.49. The van der Waals surface area contributed by atoms with Gasteiger partial charge in [0.1, 0.15) is 11.7 Å². The number of nitrogens with zero attached hydrogens (tertiary/aromatic N) is 1. The highest BCUT2D eigenvalue weighted by Crippen LogP contribution is 2.47. The normalized spacial score (nSPS) is 22.0. The first-order valence-electron chi connectivity index (χ1n) is 10.9. The minimum atomic E-state index is -1.07. The molecule has 4 rings (SSSR count). The second-order valence-electron chi connectivity index (χ2n) is 8.18. The van der Waals surface area contributed by atoms with Crippen LogP contribution in [0, 0.1) is 5.92 Å². The molecule has 2 heterocycles.